The summed E-state index contributed by atoms with van der Waals surface area (Å²) in [5, 5.41) is 0.998. The highest BCUT2D eigenvalue weighted by molar-refractivity contribution is 9.10. The van der Waals surface area contributed by atoms with E-state index in [4.69, 9.17) is 4.74 Å². The lowest BCUT2D eigenvalue weighted by Crippen LogP contribution is -2.19. The van der Waals surface area contributed by atoms with E-state index in [1.54, 1.807) is 0 Å². The van der Waals surface area contributed by atoms with Crippen LogP contribution in [0, 0.1) is 0 Å². The molecule has 0 spiro atoms. The van der Waals surface area contributed by atoms with E-state index in [9.17, 15) is 0 Å². The first kappa shape index (κ1) is 14.0. The molecule has 0 unspecified atom stereocenters. The third-order valence-electron chi connectivity index (χ3n) is 2.69. The Kier molecular flexibility index (Phi) is 5.32. The van der Waals surface area contributed by atoms with Crippen molar-refractivity contribution in [1.82, 2.24) is 0 Å². The average Bonchev–Trinajstić information content (AvgIpc) is 2.21. The van der Waals surface area contributed by atoms with Crippen LogP contribution in [0.15, 0.2) is 22.7 Å². The zero-order valence-electron chi connectivity index (χ0n) is 10.0. The van der Waals surface area contributed by atoms with Crippen LogP contribution in [0.1, 0.15) is 32.8 Å². The molecule has 0 bridgehead atoms. The van der Waals surface area contributed by atoms with Gasteiger partial charge in [0.1, 0.15) is 5.75 Å². The standard InChI is InChI=1S/C13H18Br2O/c1-4-16-12-6-5-10(15)9-11(12)13(2,3)7-8-14/h5-6,9H,4,7-8H2,1-3H3. The summed E-state index contributed by atoms with van der Waals surface area (Å²) < 4.78 is 6.79. The molecule has 0 saturated heterocycles. The highest BCUT2D eigenvalue weighted by Crippen LogP contribution is 2.36. The Morgan fingerprint density at radius 3 is 2.56 bits per heavy atom. The summed E-state index contributed by atoms with van der Waals surface area (Å²) in [6.07, 6.45) is 1.09. The van der Waals surface area contributed by atoms with Crippen LogP contribution in [0.4, 0.5) is 0 Å². The van der Waals surface area contributed by atoms with Crippen LogP contribution in [0.5, 0.6) is 5.75 Å². The molecule has 0 N–H and O–H groups in total. The maximum absolute atomic E-state index is 5.69. The lowest BCUT2D eigenvalue weighted by atomic mass is 9.82. The van der Waals surface area contributed by atoms with Gasteiger partial charge >= 0.3 is 0 Å². The van der Waals surface area contributed by atoms with Crippen molar-refractivity contribution in [1.29, 1.82) is 0 Å². The quantitative estimate of drug-likeness (QED) is 0.686. The van der Waals surface area contributed by atoms with Gasteiger partial charge in [-0.15, -0.1) is 0 Å². The van der Waals surface area contributed by atoms with Gasteiger partial charge in [-0.1, -0.05) is 45.7 Å². The molecule has 1 rings (SSSR count). The smallest absolute Gasteiger partial charge is 0.123 e. The van der Waals surface area contributed by atoms with E-state index in [1.165, 1.54) is 5.56 Å². The Hall–Kier alpha value is -0.0200. The van der Waals surface area contributed by atoms with Gasteiger partial charge in [0, 0.05) is 15.4 Å². The van der Waals surface area contributed by atoms with Gasteiger partial charge in [-0.05, 0) is 37.0 Å². The van der Waals surface area contributed by atoms with E-state index in [2.05, 4.69) is 51.8 Å². The van der Waals surface area contributed by atoms with Gasteiger partial charge in [-0.2, -0.15) is 0 Å². The molecule has 0 aliphatic heterocycles. The lowest BCUT2D eigenvalue weighted by molar-refractivity contribution is 0.326. The van der Waals surface area contributed by atoms with Crippen molar-refractivity contribution in [2.24, 2.45) is 0 Å². The first-order chi connectivity index (χ1) is 7.51. The molecule has 1 nitrogen and oxygen atoms in total. The van der Waals surface area contributed by atoms with Crippen molar-refractivity contribution in [3.8, 4) is 5.75 Å². The van der Waals surface area contributed by atoms with Gasteiger partial charge in [0.2, 0.25) is 0 Å². The van der Waals surface area contributed by atoms with Gasteiger partial charge in [0.15, 0.2) is 0 Å². The first-order valence-electron chi connectivity index (χ1n) is 5.50. The fourth-order valence-electron chi connectivity index (χ4n) is 1.68. The molecule has 1 aromatic rings. The van der Waals surface area contributed by atoms with Crippen molar-refractivity contribution in [2.45, 2.75) is 32.6 Å². The summed E-state index contributed by atoms with van der Waals surface area (Å²) >= 11 is 7.04. The van der Waals surface area contributed by atoms with Crippen molar-refractivity contribution in [3.63, 3.8) is 0 Å². The third kappa shape index (κ3) is 3.49. The molecule has 3 heteroatoms. The molecule has 0 aliphatic carbocycles. The molecular weight excluding hydrogens is 332 g/mol. The van der Waals surface area contributed by atoms with Gasteiger partial charge in [0.05, 0.1) is 6.61 Å². The number of hydrogen-bond acceptors (Lipinski definition) is 1. The SMILES string of the molecule is CCOc1ccc(Br)cc1C(C)(C)CCBr. The lowest BCUT2D eigenvalue weighted by Gasteiger charge is -2.27. The average molecular weight is 350 g/mol. The summed E-state index contributed by atoms with van der Waals surface area (Å²) in [7, 11) is 0. The molecule has 0 aromatic heterocycles. The van der Waals surface area contributed by atoms with Gasteiger partial charge in [-0.3, -0.25) is 0 Å². The largest absolute Gasteiger partial charge is 0.494 e. The minimum Gasteiger partial charge on any atom is -0.494 e. The molecular formula is C13H18Br2O. The molecule has 0 saturated carbocycles. The van der Waals surface area contributed by atoms with Crippen LogP contribution in [0.2, 0.25) is 0 Å². The summed E-state index contributed by atoms with van der Waals surface area (Å²) in [6.45, 7) is 7.22. The first-order valence-corrected chi connectivity index (χ1v) is 7.41. The number of hydrogen-bond donors (Lipinski definition) is 0. The zero-order chi connectivity index (χ0) is 12.2. The molecule has 90 valence electrons. The second-order valence-electron chi connectivity index (χ2n) is 4.40. The summed E-state index contributed by atoms with van der Waals surface area (Å²) in [5.74, 6) is 0.997. The van der Waals surface area contributed by atoms with Crippen LogP contribution in [-0.2, 0) is 5.41 Å². The van der Waals surface area contributed by atoms with Crippen LogP contribution < -0.4 is 4.74 Å². The van der Waals surface area contributed by atoms with Crippen LogP contribution in [0.3, 0.4) is 0 Å². The Labute approximate surface area is 115 Å². The van der Waals surface area contributed by atoms with E-state index in [0.717, 1.165) is 22.0 Å². The van der Waals surface area contributed by atoms with E-state index in [1.807, 2.05) is 19.1 Å². The molecule has 0 aliphatic rings. The molecule has 0 radical (unpaired) electrons. The second kappa shape index (κ2) is 6.06. The fraction of sp³-hybridized carbons (Fsp3) is 0.538. The highest BCUT2D eigenvalue weighted by Gasteiger charge is 2.24. The number of rotatable bonds is 5. The van der Waals surface area contributed by atoms with Crippen molar-refractivity contribution in [2.75, 3.05) is 11.9 Å². The van der Waals surface area contributed by atoms with Crippen molar-refractivity contribution in [3.05, 3.63) is 28.2 Å². The Morgan fingerprint density at radius 1 is 1.31 bits per heavy atom. The normalized spacial score (nSPS) is 11.6. The maximum atomic E-state index is 5.69. The molecule has 1 aromatic carbocycles. The minimum atomic E-state index is 0.123. The maximum Gasteiger partial charge on any atom is 0.123 e. The predicted molar refractivity (Wildman–Crippen MR) is 76.7 cm³/mol. The third-order valence-corrected chi connectivity index (χ3v) is 3.58. The van der Waals surface area contributed by atoms with Gasteiger partial charge in [-0.25, -0.2) is 0 Å². The molecule has 16 heavy (non-hydrogen) atoms. The van der Waals surface area contributed by atoms with Crippen molar-refractivity contribution < 1.29 is 4.74 Å². The van der Waals surface area contributed by atoms with Gasteiger partial charge in [0.25, 0.3) is 0 Å². The van der Waals surface area contributed by atoms with Crippen molar-refractivity contribution >= 4 is 31.9 Å². The number of ether oxygens (including phenoxy) is 1. The summed E-state index contributed by atoms with van der Waals surface area (Å²) in [5.41, 5.74) is 1.39. The van der Waals surface area contributed by atoms with E-state index in [-0.39, 0.29) is 5.41 Å². The number of benzene rings is 1. The van der Waals surface area contributed by atoms with E-state index >= 15 is 0 Å². The second-order valence-corrected chi connectivity index (χ2v) is 6.11. The zero-order valence-corrected chi connectivity index (χ0v) is 13.2. The fourth-order valence-corrected chi connectivity index (χ4v) is 3.04. The predicted octanol–water partition coefficient (Wildman–Crippen LogP) is 4.91. The number of halogens is 2. The molecule has 0 atom stereocenters. The Morgan fingerprint density at radius 2 is 2.00 bits per heavy atom. The summed E-state index contributed by atoms with van der Waals surface area (Å²) in [4.78, 5) is 0. The highest BCUT2D eigenvalue weighted by atomic mass is 79.9. The summed E-state index contributed by atoms with van der Waals surface area (Å²) in [6, 6.07) is 6.23. The van der Waals surface area contributed by atoms with E-state index in [0.29, 0.717) is 6.61 Å². The number of alkyl halides is 1. The minimum absolute atomic E-state index is 0.123. The van der Waals surface area contributed by atoms with E-state index < -0.39 is 0 Å². The molecule has 0 heterocycles. The Balaban J connectivity index is 3.12. The van der Waals surface area contributed by atoms with Gasteiger partial charge < -0.3 is 4.74 Å². The van der Waals surface area contributed by atoms with Crippen LogP contribution in [-0.4, -0.2) is 11.9 Å². The molecule has 0 amide bonds. The topological polar surface area (TPSA) is 9.23 Å². The van der Waals surface area contributed by atoms with Crippen LogP contribution >= 0.6 is 31.9 Å². The monoisotopic (exact) mass is 348 g/mol. The molecule has 0 fully saturated rings. The Bertz CT molecular complexity index is 348. The van der Waals surface area contributed by atoms with Crippen LogP contribution in [0.25, 0.3) is 0 Å².